The number of hydrogen-bond donors (Lipinski definition) is 1. The number of amides is 1. The van der Waals surface area contributed by atoms with Crippen molar-refractivity contribution in [3.8, 4) is 0 Å². The van der Waals surface area contributed by atoms with Gasteiger partial charge in [-0.15, -0.1) is 0 Å². The fourth-order valence-corrected chi connectivity index (χ4v) is 2.71. The van der Waals surface area contributed by atoms with Gasteiger partial charge >= 0.3 is 5.97 Å². The minimum absolute atomic E-state index is 0.194. The van der Waals surface area contributed by atoms with E-state index in [1.165, 1.54) is 6.08 Å². The topological polar surface area (TPSA) is 75.4 Å². The Hall–Kier alpha value is -1.82. The van der Waals surface area contributed by atoms with Crippen LogP contribution in [-0.4, -0.2) is 44.8 Å². The number of carboxylic acid groups (broad SMARTS) is 1. The van der Waals surface area contributed by atoms with Crippen molar-refractivity contribution in [2.75, 3.05) is 13.1 Å². The third-order valence-electron chi connectivity index (χ3n) is 3.67. The van der Waals surface area contributed by atoms with E-state index in [0.29, 0.717) is 30.1 Å². The van der Waals surface area contributed by atoms with E-state index in [1.807, 2.05) is 6.92 Å². The first-order chi connectivity index (χ1) is 9.90. The number of aliphatic carboxylic acids is 1. The molecule has 1 saturated heterocycles. The van der Waals surface area contributed by atoms with Gasteiger partial charge in [0.25, 0.3) is 0 Å². The molecule has 1 aromatic heterocycles. The van der Waals surface area contributed by atoms with Gasteiger partial charge in [0.1, 0.15) is 5.15 Å². The van der Waals surface area contributed by atoms with Gasteiger partial charge in [-0.3, -0.25) is 14.3 Å². The second-order valence-electron chi connectivity index (χ2n) is 5.21. The van der Waals surface area contributed by atoms with Crippen molar-refractivity contribution in [3.63, 3.8) is 0 Å². The molecule has 0 radical (unpaired) electrons. The van der Waals surface area contributed by atoms with E-state index in [-0.39, 0.29) is 12.5 Å². The fourth-order valence-electron chi connectivity index (χ4n) is 2.47. The number of halogens is 1. The minimum Gasteiger partial charge on any atom is -0.481 e. The number of nitrogens with zero attached hydrogens (tertiary/aromatic N) is 3. The number of aromatic nitrogens is 2. The zero-order valence-electron chi connectivity index (χ0n) is 12.0. The monoisotopic (exact) mass is 311 g/mol. The van der Waals surface area contributed by atoms with Gasteiger partial charge in [-0.25, -0.2) is 0 Å². The molecule has 7 heteroatoms. The molecular formula is C14H18ClN3O3. The Balaban J connectivity index is 2.07. The molecule has 0 aromatic carbocycles. The Morgan fingerprint density at radius 1 is 1.48 bits per heavy atom. The smallest absolute Gasteiger partial charge is 0.308 e. The van der Waals surface area contributed by atoms with Gasteiger partial charge in [0.15, 0.2) is 0 Å². The first kappa shape index (κ1) is 15.6. The van der Waals surface area contributed by atoms with Crippen LogP contribution in [0.2, 0.25) is 5.15 Å². The van der Waals surface area contributed by atoms with E-state index in [9.17, 15) is 9.59 Å². The maximum absolute atomic E-state index is 12.1. The summed E-state index contributed by atoms with van der Waals surface area (Å²) >= 11 is 6.09. The zero-order chi connectivity index (χ0) is 15.6. The lowest BCUT2D eigenvalue weighted by Gasteiger charge is -2.29. The van der Waals surface area contributed by atoms with E-state index in [0.717, 1.165) is 5.69 Å². The van der Waals surface area contributed by atoms with Crippen LogP contribution in [0.3, 0.4) is 0 Å². The summed E-state index contributed by atoms with van der Waals surface area (Å²) < 4.78 is 1.54. The largest absolute Gasteiger partial charge is 0.481 e. The predicted octanol–water partition coefficient (Wildman–Crippen LogP) is 1.72. The molecule has 0 bridgehead atoms. The summed E-state index contributed by atoms with van der Waals surface area (Å²) in [7, 11) is 1.73. The molecule has 114 valence electrons. The van der Waals surface area contributed by atoms with Crippen LogP contribution >= 0.6 is 11.6 Å². The summed E-state index contributed by atoms with van der Waals surface area (Å²) in [4.78, 5) is 24.7. The molecular weight excluding hydrogens is 294 g/mol. The predicted molar refractivity (Wildman–Crippen MR) is 78.9 cm³/mol. The van der Waals surface area contributed by atoms with Crippen molar-refractivity contribution in [1.82, 2.24) is 14.7 Å². The Labute approximate surface area is 128 Å². The van der Waals surface area contributed by atoms with E-state index in [4.69, 9.17) is 16.7 Å². The van der Waals surface area contributed by atoms with Crippen molar-refractivity contribution in [2.24, 2.45) is 13.0 Å². The normalized spacial score (nSPS) is 19.2. The minimum atomic E-state index is -0.845. The molecule has 1 N–H and O–H groups in total. The molecule has 1 unspecified atom stereocenters. The molecule has 0 spiro atoms. The average Bonchev–Trinajstić information content (AvgIpc) is 2.70. The molecule has 6 nitrogen and oxygen atoms in total. The second kappa shape index (κ2) is 6.30. The molecule has 1 aliphatic rings. The van der Waals surface area contributed by atoms with Crippen LogP contribution in [0.25, 0.3) is 6.08 Å². The lowest BCUT2D eigenvalue weighted by atomic mass is 9.98. The molecule has 1 atom stereocenters. The molecule has 1 aliphatic heterocycles. The van der Waals surface area contributed by atoms with Crippen molar-refractivity contribution < 1.29 is 14.7 Å². The van der Waals surface area contributed by atoms with Gasteiger partial charge in [0.05, 0.1) is 11.6 Å². The fraction of sp³-hybridized carbons (Fsp3) is 0.500. The maximum atomic E-state index is 12.1. The van der Waals surface area contributed by atoms with Crippen molar-refractivity contribution in [2.45, 2.75) is 19.8 Å². The quantitative estimate of drug-likeness (QED) is 0.862. The summed E-state index contributed by atoms with van der Waals surface area (Å²) in [6.45, 7) is 2.67. The summed E-state index contributed by atoms with van der Waals surface area (Å²) in [6, 6.07) is 0. The zero-order valence-corrected chi connectivity index (χ0v) is 12.8. The second-order valence-corrected chi connectivity index (χ2v) is 5.57. The summed E-state index contributed by atoms with van der Waals surface area (Å²) in [5.74, 6) is -1.51. The van der Waals surface area contributed by atoms with Crippen molar-refractivity contribution in [1.29, 1.82) is 0 Å². The molecule has 2 heterocycles. The number of likely N-dealkylation sites (tertiary alicyclic amines) is 1. The number of carbonyl (C=O) groups is 2. The number of carbonyl (C=O) groups excluding carboxylic acids is 1. The Morgan fingerprint density at radius 3 is 2.76 bits per heavy atom. The van der Waals surface area contributed by atoms with Gasteiger partial charge in [0, 0.05) is 31.8 Å². The van der Waals surface area contributed by atoms with E-state index in [2.05, 4.69) is 5.10 Å². The summed E-state index contributed by atoms with van der Waals surface area (Å²) in [5.41, 5.74) is 1.45. The summed E-state index contributed by atoms with van der Waals surface area (Å²) in [5, 5.41) is 13.7. The highest BCUT2D eigenvalue weighted by molar-refractivity contribution is 6.31. The van der Waals surface area contributed by atoms with Gasteiger partial charge in [-0.2, -0.15) is 5.10 Å². The van der Waals surface area contributed by atoms with Crippen molar-refractivity contribution >= 4 is 29.6 Å². The van der Waals surface area contributed by atoms with Gasteiger partial charge < -0.3 is 10.0 Å². The summed E-state index contributed by atoms with van der Waals surface area (Å²) in [6.07, 6.45) is 4.40. The van der Waals surface area contributed by atoms with Crippen LogP contribution in [0.5, 0.6) is 0 Å². The van der Waals surface area contributed by atoms with Crippen LogP contribution < -0.4 is 0 Å². The average molecular weight is 312 g/mol. The SMILES string of the molecule is Cc1nn(C)c(Cl)c1/C=C/C(=O)N1CCCC(C(=O)O)C1. The maximum Gasteiger partial charge on any atom is 0.308 e. The third kappa shape index (κ3) is 3.44. The molecule has 21 heavy (non-hydrogen) atoms. The van der Waals surface area contributed by atoms with Crippen LogP contribution in [-0.2, 0) is 16.6 Å². The van der Waals surface area contributed by atoms with Gasteiger partial charge in [-0.05, 0) is 25.8 Å². The molecule has 0 saturated carbocycles. The van der Waals surface area contributed by atoms with Gasteiger partial charge in [0.2, 0.25) is 5.91 Å². The van der Waals surface area contributed by atoms with E-state index >= 15 is 0 Å². The van der Waals surface area contributed by atoms with Crippen LogP contribution in [0.4, 0.5) is 0 Å². The molecule has 2 rings (SSSR count). The third-order valence-corrected chi connectivity index (χ3v) is 4.12. The molecule has 0 aliphatic carbocycles. The molecule has 1 fully saturated rings. The number of rotatable bonds is 3. The number of piperidine rings is 1. The molecule has 1 aromatic rings. The lowest BCUT2D eigenvalue weighted by molar-refractivity contribution is -0.144. The number of hydrogen-bond acceptors (Lipinski definition) is 3. The Kier molecular flexibility index (Phi) is 4.67. The molecule has 1 amide bonds. The number of aryl methyl sites for hydroxylation is 2. The first-order valence-electron chi connectivity index (χ1n) is 6.79. The highest BCUT2D eigenvalue weighted by Crippen LogP contribution is 2.21. The van der Waals surface area contributed by atoms with Crippen LogP contribution in [0, 0.1) is 12.8 Å². The van der Waals surface area contributed by atoms with Crippen LogP contribution in [0.1, 0.15) is 24.1 Å². The van der Waals surface area contributed by atoms with Crippen molar-refractivity contribution in [3.05, 3.63) is 22.5 Å². The number of carboxylic acids is 1. The van der Waals surface area contributed by atoms with Gasteiger partial charge in [-0.1, -0.05) is 11.6 Å². The van der Waals surface area contributed by atoms with E-state index < -0.39 is 11.9 Å². The van der Waals surface area contributed by atoms with Crippen LogP contribution in [0.15, 0.2) is 6.08 Å². The Morgan fingerprint density at radius 2 is 2.19 bits per heavy atom. The first-order valence-corrected chi connectivity index (χ1v) is 7.17. The van der Waals surface area contributed by atoms with E-state index in [1.54, 1.807) is 22.7 Å². The Bertz CT molecular complexity index is 595. The highest BCUT2D eigenvalue weighted by atomic mass is 35.5. The highest BCUT2D eigenvalue weighted by Gasteiger charge is 2.27. The standard InChI is InChI=1S/C14H18ClN3O3/c1-9-11(13(15)17(2)16-9)5-6-12(19)18-7-3-4-10(8-18)14(20)21/h5-6,10H,3-4,7-8H2,1-2H3,(H,20,21)/b6-5+. The lowest BCUT2D eigenvalue weighted by Crippen LogP contribution is -2.41.